The van der Waals surface area contributed by atoms with Crippen molar-refractivity contribution in [1.82, 2.24) is 4.90 Å². The van der Waals surface area contributed by atoms with Crippen LogP contribution in [0.25, 0.3) is 0 Å². The molecular weight excluding hydrogens is 845 g/mol. The van der Waals surface area contributed by atoms with E-state index >= 15 is 0 Å². The minimum atomic E-state index is -2.27. The summed E-state index contributed by atoms with van der Waals surface area (Å²) in [4.78, 5) is 53.4. The van der Waals surface area contributed by atoms with Crippen molar-refractivity contribution >= 4 is 46.8 Å². The minimum Gasteiger partial charge on any atom is -0.481 e. The van der Waals surface area contributed by atoms with Gasteiger partial charge < -0.3 is 40.4 Å². The second kappa shape index (κ2) is 18.4. The van der Waals surface area contributed by atoms with E-state index in [1.807, 2.05) is 24.8 Å². The van der Waals surface area contributed by atoms with Crippen LogP contribution in [-0.2, 0) is 19.2 Å². The highest BCUT2D eigenvalue weighted by atomic mass is 32.2. The van der Waals surface area contributed by atoms with E-state index in [9.17, 15) is 29.4 Å². The van der Waals surface area contributed by atoms with Crippen molar-refractivity contribution in [3.05, 3.63) is 60.2 Å². The summed E-state index contributed by atoms with van der Waals surface area (Å²) in [5.74, 6) is -2.86. The zero-order valence-corrected chi connectivity index (χ0v) is 41.0. The molecule has 358 valence electrons. The monoisotopic (exact) mass is 919 g/mol. The Morgan fingerprint density at radius 2 is 1.32 bits per heavy atom. The van der Waals surface area contributed by atoms with Crippen LogP contribution in [0.1, 0.15) is 113 Å². The van der Waals surface area contributed by atoms with Crippen LogP contribution in [0.5, 0.6) is 0 Å². The number of aliphatic hydroxyl groups excluding tert-OH is 3. The first-order valence-corrected chi connectivity index (χ1v) is 24.3. The zero-order valence-electron chi connectivity index (χ0n) is 40.1. The van der Waals surface area contributed by atoms with E-state index in [0.29, 0.717) is 18.3 Å². The van der Waals surface area contributed by atoms with E-state index in [2.05, 4.69) is 121 Å². The fraction of sp³-hybridized carbons (Fsp3) is 0.654. The van der Waals surface area contributed by atoms with Gasteiger partial charge in [-0.1, -0.05) is 90.1 Å². The Balaban J connectivity index is 0.000000191. The van der Waals surface area contributed by atoms with E-state index in [4.69, 9.17) is 20.4 Å². The van der Waals surface area contributed by atoms with E-state index < -0.39 is 35.5 Å². The van der Waals surface area contributed by atoms with Gasteiger partial charge in [-0.05, 0) is 154 Å². The SMILES string of the molecule is CC(CN(C)C)CN1c2ccccc2Sc2ccccc21.CC1(C(=O)O)CCC2(C)CCC3(C)C(=CC(=O)C4C5(C)CCC(O)C(C)(C)C5CCC43C)C2C1.O=C(O)C(O)C(O)C(=O)O. The Morgan fingerprint density at radius 3 is 1.85 bits per heavy atom. The van der Waals surface area contributed by atoms with Gasteiger partial charge in [0.15, 0.2) is 18.0 Å². The zero-order chi connectivity index (χ0) is 48.2. The van der Waals surface area contributed by atoms with Crippen LogP contribution in [0.15, 0.2) is 70.0 Å². The molecule has 1 heterocycles. The molecule has 12 unspecified atom stereocenters. The molecule has 6 N–H and O–H groups in total. The van der Waals surface area contributed by atoms with Crippen LogP contribution in [0.3, 0.4) is 0 Å². The number of para-hydroxylation sites is 2. The van der Waals surface area contributed by atoms with Crippen molar-refractivity contribution in [2.24, 2.45) is 56.2 Å². The highest BCUT2D eigenvalue weighted by Gasteiger charge is 2.70. The van der Waals surface area contributed by atoms with Crippen LogP contribution in [0, 0.1) is 56.2 Å². The lowest BCUT2D eigenvalue weighted by Gasteiger charge is -2.70. The molecule has 0 radical (unpaired) electrons. The van der Waals surface area contributed by atoms with Crippen LogP contribution in [-0.4, -0.2) is 105 Å². The number of rotatable bonds is 8. The molecule has 4 saturated carbocycles. The number of anilines is 2. The van der Waals surface area contributed by atoms with Crippen molar-refractivity contribution in [2.45, 2.75) is 141 Å². The van der Waals surface area contributed by atoms with E-state index in [-0.39, 0.29) is 50.8 Å². The third kappa shape index (κ3) is 9.06. The van der Waals surface area contributed by atoms with Gasteiger partial charge in [0, 0.05) is 28.8 Å². The molecular formula is C52H74N2O10S. The molecule has 8 rings (SSSR count). The lowest BCUT2D eigenvalue weighted by molar-refractivity contribution is -0.202. The Labute approximate surface area is 389 Å². The number of allylic oxidation sites excluding steroid dienone is 2. The molecule has 12 atom stereocenters. The van der Waals surface area contributed by atoms with Gasteiger partial charge >= 0.3 is 17.9 Å². The molecule has 2 aromatic rings. The summed E-state index contributed by atoms with van der Waals surface area (Å²) in [6.07, 6.45) is 5.42. The molecule has 2 aromatic carbocycles. The average molecular weight is 919 g/mol. The smallest absolute Gasteiger partial charge is 0.335 e. The lowest BCUT2D eigenvalue weighted by Crippen LogP contribution is -2.66. The fourth-order valence-corrected chi connectivity index (χ4v) is 14.7. The van der Waals surface area contributed by atoms with Crippen molar-refractivity contribution < 1.29 is 49.8 Å². The van der Waals surface area contributed by atoms with Gasteiger partial charge in [-0.2, -0.15) is 0 Å². The number of aliphatic hydroxyl groups is 3. The maximum absolute atomic E-state index is 14.2. The molecule has 0 saturated heterocycles. The number of hydrogen-bond acceptors (Lipinski definition) is 10. The maximum atomic E-state index is 14.2. The van der Waals surface area contributed by atoms with Crippen molar-refractivity contribution in [1.29, 1.82) is 0 Å². The van der Waals surface area contributed by atoms with Gasteiger partial charge in [-0.3, -0.25) is 9.59 Å². The van der Waals surface area contributed by atoms with E-state index in [1.165, 1.54) is 26.7 Å². The predicted octanol–water partition coefficient (Wildman–Crippen LogP) is 8.78. The van der Waals surface area contributed by atoms with Gasteiger partial charge in [-0.15, -0.1) is 0 Å². The van der Waals surface area contributed by atoms with Crippen LogP contribution in [0.4, 0.5) is 11.4 Å². The summed E-state index contributed by atoms with van der Waals surface area (Å²) in [5, 5.41) is 53.4. The fourth-order valence-electron chi connectivity index (χ4n) is 13.6. The first kappa shape index (κ1) is 50.7. The molecule has 0 amide bonds. The predicted molar refractivity (Wildman–Crippen MR) is 252 cm³/mol. The first-order chi connectivity index (χ1) is 30.2. The number of carboxylic acid groups (broad SMARTS) is 3. The van der Waals surface area contributed by atoms with Gasteiger partial charge in [0.1, 0.15) is 0 Å². The second-order valence-electron chi connectivity index (χ2n) is 22.5. The Bertz CT molecular complexity index is 2110. The van der Waals surface area contributed by atoms with Gasteiger partial charge in [0.2, 0.25) is 0 Å². The third-order valence-electron chi connectivity index (χ3n) is 17.6. The van der Waals surface area contributed by atoms with Crippen molar-refractivity contribution in [3.63, 3.8) is 0 Å². The Morgan fingerprint density at radius 1 is 0.785 bits per heavy atom. The highest BCUT2D eigenvalue weighted by molar-refractivity contribution is 7.99. The average Bonchev–Trinajstić information content (AvgIpc) is 3.23. The highest BCUT2D eigenvalue weighted by Crippen LogP contribution is 2.75. The largest absolute Gasteiger partial charge is 0.481 e. The minimum absolute atomic E-state index is 0.0296. The summed E-state index contributed by atoms with van der Waals surface area (Å²) in [6, 6.07) is 17.4. The lowest BCUT2D eigenvalue weighted by atomic mass is 9.33. The van der Waals surface area contributed by atoms with E-state index in [1.54, 1.807) is 0 Å². The Kier molecular flexibility index (Phi) is 14.3. The Hall–Kier alpha value is -3.75. The van der Waals surface area contributed by atoms with E-state index in [0.717, 1.165) is 64.5 Å². The normalized spacial score (nSPS) is 35.5. The van der Waals surface area contributed by atoms with Crippen LogP contribution < -0.4 is 4.90 Å². The topological polar surface area (TPSA) is 196 Å². The summed E-state index contributed by atoms with van der Waals surface area (Å²) in [7, 11) is 4.29. The molecule has 65 heavy (non-hydrogen) atoms. The molecule has 0 aromatic heterocycles. The molecule has 0 spiro atoms. The van der Waals surface area contributed by atoms with Crippen LogP contribution in [0.2, 0.25) is 0 Å². The summed E-state index contributed by atoms with van der Waals surface area (Å²) in [6.45, 7) is 20.3. The number of nitrogens with zero attached hydrogens (tertiary/aromatic N) is 2. The van der Waals surface area contributed by atoms with Crippen LogP contribution >= 0.6 is 11.8 Å². The molecule has 5 aliphatic carbocycles. The summed E-state index contributed by atoms with van der Waals surface area (Å²) in [5.41, 5.74) is 2.82. The molecule has 6 aliphatic rings. The van der Waals surface area contributed by atoms with Crippen molar-refractivity contribution in [3.8, 4) is 0 Å². The summed E-state index contributed by atoms with van der Waals surface area (Å²) >= 11 is 1.88. The number of carbonyl (C=O) groups excluding carboxylic acids is 1. The number of carbonyl (C=O) groups is 4. The quantitative estimate of drug-likeness (QED) is 0.147. The number of ketones is 1. The molecule has 0 bridgehead atoms. The molecule has 1 aliphatic heterocycles. The first-order valence-electron chi connectivity index (χ1n) is 23.4. The van der Waals surface area contributed by atoms with Gasteiger partial charge in [-0.25, -0.2) is 9.59 Å². The molecule has 4 fully saturated rings. The van der Waals surface area contributed by atoms with Gasteiger partial charge in [0.05, 0.1) is 22.9 Å². The third-order valence-corrected chi connectivity index (χ3v) is 18.7. The van der Waals surface area contributed by atoms with Gasteiger partial charge in [0.25, 0.3) is 0 Å². The maximum Gasteiger partial charge on any atom is 0.335 e. The number of fused-ring (bicyclic) bond motifs is 9. The second-order valence-corrected chi connectivity index (χ2v) is 23.6. The standard InChI is InChI=1S/C30H46O4.C18H22N2S.C4H6O6/c1-25(2)21-8-11-30(7)23(28(21,5)10-9-22(25)32)20(31)16-18-19-17-27(4,24(33)34)13-12-26(19,3)14-15-29(18,30)6;1-14(12-19(2)3)13-20-15-8-4-6-10-17(15)21-18-11-7-5-9-16(18)20;5-1(3(7)8)2(6)4(9)10/h16,19,21-23,32H,8-15,17H2,1-7H3,(H,33,34);4-11,14H,12-13H2,1-3H3;1-2,5-6H,(H,7,8)(H,9,10). The number of aliphatic carboxylic acids is 3. The van der Waals surface area contributed by atoms with Crippen molar-refractivity contribution in [2.75, 3.05) is 32.1 Å². The number of benzene rings is 2. The number of hydrogen-bond donors (Lipinski definition) is 6. The molecule has 13 heteroatoms. The number of carboxylic acids is 3. The molecule has 12 nitrogen and oxygen atoms in total. The summed E-state index contributed by atoms with van der Waals surface area (Å²) < 4.78 is 0.